The topological polar surface area (TPSA) is 113 Å². The zero-order chi connectivity index (χ0) is 24.6. The second-order valence-electron chi connectivity index (χ2n) is 9.50. The Bertz CT molecular complexity index is 1270. The highest BCUT2D eigenvalue weighted by atomic mass is 19.1. The van der Waals surface area contributed by atoms with E-state index in [9.17, 15) is 14.7 Å². The molecule has 1 aromatic carbocycles. The van der Waals surface area contributed by atoms with Gasteiger partial charge in [0, 0.05) is 47.6 Å². The minimum atomic E-state index is -0.797. The lowest BCUT2D eigenvalue weighted by molar-refractivity contribution is -0.117. The molecule has 0 aliphatic heterocycles. The highest BCUT2D eigenvalue weighted by Crippen LogP contribution is 2.39. The van der Waals surface area contributed by atoms with Gasteiger partial charge in [0.25, 0.3) is 0 Å². The number of aromatic nitrogens is 2. The van der Waals surface area contributed by atoms with Crippen molar-refractivity contribution in [2.24, 2.45) is 11.8 Å². The number of nitrogens with zero attached hydrogens (tertiary/aromatic N) is 2. The van der Waals surface area contributed by atoms with Crippen molar-refractivity contribution < 1.29 is 23.8 Å². The summed E-state index contributed by atoms with van der Waals surface area (Å²) in [5.74, 6) is -0.835. The van der Waals surface area contributed by atoms with Crippen LogP contribution in [0, 0.1) is 24.6 Å². The predicted molar refractivity (Wildman–Crippen MR) is 127 cm³/mol. The lowest BCUT2D eigenvalue weighted by Crippen LogP contribution is -2.27. The number of hydrogen-bond donors (Lipinski definition) is 3. The molecule has 0 spiro atoms. The number of ether oxygens (including phenoxy) is 1. The molecule has 3 N–H and O–H groups in total. The van der Waals surface area contributed by atoms with Gasteiger partial charge in [-0.15, -0.1) is 0 Å². The number of nitrogens with one attached hydrogen (secondary N) is 2. The Kier molecular flexibility index (Phi) is 6.22. The summed E-state index contributed by atoms with van der Waals surface area (Å²) in [6.45, 7) is 6.96. The molecule has 178 valence electrons. The van der Waals surface area contributed by atoms with E-state index in [0.29, 0.717) is 28.6 Å². The molecule has 2 aromatic heterocycles. The van der Waals surface area contributed by atoms with Crippen LogP contribution in [0.3, 0.4) is 0 Å². The first-order chi connectivity index (χ1) is 16.1. The largest absolute Gasteiger partial charge is 0.444 e. The van der Waals surface area contributed by atoms with Crippen LogP contribution in [0.5, 0.6) is 0 Å². The van der Waals surface area contributed by atoms with Crippen LogP contribution in [0.25, 0.3) is 21.9 Å². The van der Waals surface area contributed by atoms with Gasteiger partial charge in [-0.2, -0.15) is 0 Å². The van der Waals surface area contributed by atoms with Crippen molar-refractivity contribution in [2.75, 3.05) is 17.2 Å². The number of halogens is 1. The number of hydrogen-bond acceptors (Lipinski definition) is 6. The van der Waals surface area contributed by atoms with E-state index in [4.69, 9.17) is 4.74 Å². The van der Waals surface area contributed by atoms with E-state index in [1.165, 1.54) is 6.20 Å². The van der Waals surface area contributed by atoms with Crippen LogP contribution < -0.4 is 10.6 Å². The van der Waals surface area contributed by atoms with Gasteiger partial charge in [0.2, 0.25) is 5.91 Å². The second-order valence-corrected chi connectivity index (χ2v) is 9.50. The van der Waals surface area contributed by atoms with Gasteiger partial charge in [-0.1, -0.05) is 0 Å². The summed E-state index contributed by atoms with van der Waals surface area (Å²) in [5, 5.41) is 15.4. The molecule has 2 heterocycles. The standard InChI is InChI=1S/C25H27FN4O4/c1-13-5-6-27-10-18(13)17-7-14-9-20(29-23(32)16-8-15(16)12-31)28-11-19(14)22(21(17)26)30-24(33)34-25(2,3)4/h5-7,9-11,15-16,31H,8,12H2,1-4H3,(H,30,33)(H,28,29,32). The number of anilines is 2. The fourth-order valence-corrected chi connectivity index (χ4v) is 3.80. The van der Waals surface area contributed by atoms with Crippen LogP contribution >= 0.6 is 0 Å². The number of aliphatic hydroxyl groups excluding tert-OH is 1. The van der Waals surface area contributed by atoms with Gasteiger partial charge in [0.15, 0.2) is 5.82 Å². The zero-order valence-electron chi connectivity index (χ0n) is 19.5. The van der Waals surface area contributed by atoms with E-state index in [0.717, 1.165) is 5.56 Å². The summed E-state index contributed by atoms with van der Waals surface area (Å²) in [5.41, 5.74) is 0.787. The Morgan fingerprint density at radius 3 is 2.62 bits per heavy atom. The Morgan fingerprint density at radius 1 is 1.21 bits per heavy atom. The van der Waals surface area contributed by atoms with Crippen molar-refractivity contribution in [1.29, 1.82) is 0 Å². The van der Waals surface area contributed by atoms with Crippen LogP contribution in [0.2, 0.25) is 0 Å². The van der Waals surface area contributed by atoms with Gasteiger partial charge >= 0.3 is 6.09 Å². The van der Waals surface area contributed by atoms with Crippen LogP contribution in [-0.2, 0) is 9.53 Å². The summed E-state index contributed by atoms with van der Waals surface area (Å²) in [7, 11) is 0. The minimum Gasteiger partial charge on any atom is -0.444 e. The quantitative estimate of drug-likeness (QED) is 0.504. The Balaban J connectivity index is 1.78. The highest BCUT2D eigenvalue weighted by molar-refractivity contribution is 6.04. The third kappa shape index (κ3) is 4.99. The average molecular weight is 467 g/mol. The zero-order valence-corrected chi connectivity index (χ0v) is 19.5. The molecule has 2 unspecified atom stereocenters. The fraction of sp³-hybridized carbons (Fsp3) is 0.360. The molecule has 1 aliphatic rings. The van der Waals surface area contributed by atoms with Crippen LogP contribution in [0.4, 0.5) is 20.7 Å². The molecule has 0 bridgehead atoms. The molecule has 8 nitrogen and oxygen atoms in total. The third-order valence-electron chi connectivity index (χ3n) is 5.66. The average Bonchev–Trinajstić information content (AvgIpc) is 3.55. The number of amides is 2. The van der Waals surface area contributed by atoms with Gasteiger partial charge in [-0.25, -0.2) is 14.2 Å². The summed E-state index contributed by atoms with van der Waals surface area (Å²) in [6.07, 6.45) is 4.41. The molecule has 4 rings (SSSR count). The number of pyridine rings is 2. The molecule has 1 saturated carbocycles. The number of carbonyl (C=O) groups excluding carboxylic acids is 2. The van der Waals surface area contributed by atoms with Crippen LogP contribution in [-0.4, -0.2) is 39.3 Å². The maximum absolute atomic E-state index is 15.7. The lowest BCUT2D eigenvalue weighted by Gasteiger charge is -2.21. The van der Waals surface area contributed by atoms with Gasteiger partial charge < -0.3 is 15.2 Å². The molecule has 3 aromatic rings. The number of rotatable bonds is 5. The SMILES string of the molecule is Cc1ccncc1-c1cc2cc(NC(=O)C3CC3CO)ncc2c(NC(=O)OC(C)(C)C)c1F. The van der Waals surface area contributed by atoms with Crippen molar-refractivity contribution in [2.45, 2.75) is 39.7 Å². The first-order valence-corrected chi connectivity index (χ1v) is 11.0. The predicted octanol–water partition coefficient (Wildman–Crippen LogP) is 4.66. The Hall–Kier alpha value is -3.59. The molecular formula is C25H27FN4O4. The number of aryl methyl sites for hydroxylation is 1. The van der Waals surface area contributed by atoms with E-state index < -0.39 is 17.5 Å². The Morgan fingerprint density at radius 2 is 1.97 bits per heavy atom. The van der Waals surface area contributed by atoms with E-state index >= 15 is 4.39 Å². The summed E-state index contributed by atoms with van der Waals surface area (Å²) in [4.78, 5) is 33.2. The van der Waals surface area contributed by atoms with Crippen LogP contribution in [0.15, 0.2) is 36.8 Å². The number of benzene rings is 1. The molecule has 2 atom stereocenters. The summed E-state index contributed by atoms with van der Waals surface area (Å²) in [6, 6.07) is 5.03. The van der Waals surface area contributed by atoms with Gasteiger partial charge in [0.1, 0.15) is 11.4 Å². The van der Waals surface area contributed by atoms with E-state index in [1.807, 2.05) is 6.92 Å². The second kappa shape index (κ2) is 8.98. The summed E-state index contributed by atoms with van der Waals surface area (Å²) < 4.78 is 21.1. The number of carbonyl (C=O) groups is 2. The maximum atomic E-state index is 15.7. The summed E-state index contributed by atoms with van der Waals surface area (Å²) >= 11 is 0. The number of fused-ring (bicyclic) bond motifs is 1. The lowest BCUT2D eigenvalue weighted by atomic mass is 9.98. The van der Waals surface area contributed by atoms with Crippen molar-refractivity contribution in [1.82, 2.24) is 9.97 Å². The van der Waals surface area contributed by atoms with E-state index in [1.54, 1.807) is 51.4 Å². The third-order valence-corrected chi connectivity index (χ3v) is 5.66. The van der Waals surface area contributed by atoms with Gasteiger partial charge in [-0.3, -0.25) is 15.1 Å². The maximum Gasteiger partial charge on any atom is 0.412 e. The van der Waals surface area contributed by atoms with Crippen molar-refractivity contribution in [3.8, 4) is 11.1 Å². The first kappa shape index (κ1) is 23.6. The highest BCUT2D eigenvalue weighted by Gasteiger charge is 2.42. The van der Waals surface area contributed by atoms with Crippen molar-refractivity contribution in [3.63, 3.8) is 0 Å². The first-order valence-electron chi connectivity index (χ1n) is 11.0. The normalized spacial score (nSPS) is 17.4. The molecule has 1 fully saturated rings. The Labute approximate surface area is 196 Å². The minimum absolute atomic E-state index is 0.0284. The molecular weight excluding hydrogens is 439 g/mol. The molecule has 2 amide bonds. The van der Waals surface area contributed by atoms with Gasteiger partial charge in [0.05, 0.1) is 5.69 Å². The fourth-order valence-electron chi connectivity index (χ4n) is 3.80. The monoisotopic (exact) mass is 466 g/mol. The van der Waals surface area contributed by atoms with Crippen molar-refractivity contribution in [3.05, 3.63) is 48.2 Å². The molecule has 0 saturated heterocycles. The van der Waals surface area contributed by atoms with Gasteiger partial charge in [-0.05, 0) is 69.2 Å². The molecule has 34 heavy (non-hydrogen) atoms. The smallest absolute Gasteiger partial charge is 0.412 e. The van der Waals surface area contributed by atoms with E-state index in [-0.39, 0.29) is 35.6 Å². The molecule has 9 heteroatoms. The number of aliphatic hydroxyl groups is 1. The van der Waals surface area contributed by atoms with Crippen LogP contribution in [0.1, 0.15) is 32.8 Å². The van der Waals surface area contributed by atoms with E-state index in [2.05, 4.69) is 20.6 Å². The molecule has 1 aliphatic carbocycles. The molecule has 0 radical (unpaired) electrons. The van der Waals surface area contributed by atoms with Crippen molar-refractivity contribution >= 4 is 34.3 Å².